The SMILES string of the molecule is CC1(C)Cc2c(sc3c2c(=O)n(Cc2ccccc2)c2nnc([S-])n32)CO1. The molecule has 0 spiro atoms. The minimum Gasteiger partial charge on any atom is -0.740 e. The largest absolute Gasteiger partial charge is 0.740 e. The van der Waals surface area contributed by atoms with Crippen LogP contribution in [0.5, 0.6) is 0 Å². The lowest BCUT2D eigenvalue weighted by Crippen LogP contribution is -2.32. The quantitative estimate of drug-likeness (QED) is 0.487. The molecule has 0 bridgehead atoms. The Morgan fingerprint density at radius 2 is 2.04 bits per heavy atom. The van der Waals surface area contributed by atoms with E-state index in [-0.39, 0.29) is 11.2 Å². The van der Waals surface area contributed by atoms with E-state index in [1.807, 2.05) is 34.7 Å². The summed E-state index contributed by atoms with van der Waals surface area (Å²) in [5.74, 6) is 0.486. The number of ether oxygens (including phenoxy) is 1. The Kier molecular flexibility index (Phi) is 3.65. The molecule has 0 amide bonds. The van der Waals surface area contributed by atoms with Crippen molar-refractivity contribution in [2.24, 2.45) is 0 Å². The third kappa shape index (κ3) is 2.59. The number of thiophene rings is 1. The van der Waals surface area contributed by atoms with Gasteiger partial charge >= 0.3 is 0 Å². The molecule has 0 saturated heterocycles. The molecule has 0 radical (unpaired) electrons. The molecule has 0 unspecified atom stereocenters. The Labute approximate surface area is 164 Å². The van der Waals surface area contributed by atoms with Gasteiger partial charge in [0.1, 0.15) is 4.83 Å². The summed E-state index contributed by atoms with van der Waals surface area (Å²) in [6.07, 6.45) is 0.698. The van der Waals surface area contributed by atoms with Gasteiger partial charge in [0.15, 0.2) is 0 Å². The van der Waals surface area contributed by atoms with E-state index in [9.17, 15) is 4.79 Å². The molecule has 1 aliphatic rings. The van der Waals surface area contributed by atoms with E-state index >= 15 is 0 Å². The Bertz CT molecular complexity index is 1240. The van der Waals surface area contributed by atoms with Crippen molar-refractivity contribution in [2.45, 2.75) is 44.2 Å². The summed E-state index contributed by atoms with van der Waals surface area (Å²) in [6, 6.07) is 9.88. The van der Waals surface area contributed by atoms with Gasteiger partial charge in [-0.1, -0.05) is 30.3 Å². The van der Waals surface area contributed by atoms with Gasteiger partial charge in [0.2, 0.25) is 5.78 Å². The van der Waals surface area contributed by atoms with E-state index < -0.39 is 0 Å². The average molecular weight is 398 g/mol. The lowest BCUT2D eigenvalue weighted by Gasteiger charge is -2.29. The molecule has 5 rings (SSSR count). The molecule has 4 heterocycles. The van der Waals surface area contributed by atoms with Crippen molar-refractivity contribution in [2.75, 3.05) is 0 Å². The highest BCUT2D eigenvalue weighted by Gasteiger charge is 2.31. The summed E-state index contributed by atoms with van der Waals surface area (Å²) >= 11 is 6.97. The van der Waals surface area contributed by atoms with Gasteiger partial charge in [-0.05, 0) is 25.0 Å². The Morgan fingerprint density at radius 3 is 2.81 bits per heavy atom. The first-order valence-corrected chi connectivity index (χ1v) is 9.94. The second-order valence-corrected chi connectivity index (χ2v) is 8.85. The Hall–Kier alpha value is -2.29. The maximum absolute atomic E-state index is 13.5. The molecule has 0 atom stereocenters. The monoisotopic (exact) mass is 397 g/mol. The minimum atomic E-state index is -0.295. The fraction of sp³-hybridized carbons (Fsp3) is 0.316. The highest BCUT2D eigenvalue weighted by molar-refractivity contribution is 7.58. The fourth-order valence-corrected chi connectivity index (χ4v) is 5.16. The van der Waals surface area contributed by atoms with Gasteiger partial charge in [0.05, 0.1) is 24.1 Å². The molecule has 1 aromatic carbocycles. The topological polar surface area (TPSA) is 61.4 Å². The van der Waals surface area contributed by atoms with Crippen LogP contribution < -0.4 is 5.56 Å². The second-order valence-electron chi connectivity index (χ2n) is 7.40. The van der Waals surface area contributed by atoms with E-state index in [1.54, 1.807) is 15.9 Å². The van der Waals surface area contributed by atoms with Crippen molar-refractivity contribution in [1.29, 1.82) is 0 Å². The number of nitrogens with zero attached hydrogens (tertiary/aromatic N) is 4. The van der Waals surface area contributed by atoms with Crippen LogP contribution >= 0.6 is 11.3 Å². The van der Waals surface area contributed by atoms with Crippen molar-refractivity contribution in [3.05, 3.63) is 56.7 Å². The van der Waals surface area contributed by atoms with E-state index in [4.69, 9.17) is 17.4 Å². The van der Waals surface area contributed by atoms with Gasteiger partial charge in [-0.2, -0.15) is 5.10 Å². The Morgan fingerprint density at radius 1 is 1.26 bits per heavy atom. The molecule has 8 heteroatoms. The van der Waals surface area contributed by atoms with Crippen LogP contribution in [-0.4, -0.2) is 24.8 Å². The molecule has 0 fully saturated rings. The van der Waals surface area contributed by atoms with Crippen LogP contribution in [0.25, 0.3) is 16.0 Å². The number of hydrogen-bond donors (Lipinski definition) is 0. The fourth-order valence-electron chi connectivity index (χ4n) is 3.67. The van der Waals surface area contributed by atoms with Crippen LogP contribution in [0.4, 0.5) is 0 Å². The molecule has 4 aromatic rings. The molecule has 0 saturated carbocycles. The molecule has 1 aliphatic heterocycles. The van der Waals surface area contributed by atoms with E-state index in [2.05, 4.69) is 24.0 Å². The smallest absolute Gasteiger partial charge is 0.264 e. The molecule has 3 aromatic heterocycles. The zero-order valence-corrected chi connectivity index (χ0v) is 16.6. The summed E-state index contributed by atoms with van der Waals surface area (Å²) in [6.45, 7) is 5.04. The van der Waals surface area contributed by atoms with Crippen molar-refractivity contribution in [1.82, 2.24) is 19.2 Å². The van der Waals surface area contributed by atoms with E-state index in [0.29, 0.717) is 30.5 Å². The summed E-state index contributed by atoms with van der Waals surface area (Å²) in [5.41, 5.74) is 1.76. The van der Waals surface area contributed by atoms with Crippen LogP contribution in [0.15, 0.2) is 40.3 Å². The third-order valence-corrected chi connectivity index (χ3v) is 6.43. The molecular weight excluding hydrogens is 380 g/mol. The minimum absolute atomic E-state index is 0.0426. The van der Waals surface area contributed by atoms with Gasteiger partial charge < -0.3 is 17.4 Å². The molecule has 0 aliphatic carbocycles. The van der Waals surface area contributed by atoms with E-state index in [1.165, 1.54) is 0 Å². The lowest BCUT2D eigenvalue weighted by molar-refractivity contribution is -0.0379. The number of hydrogen-bond acceptors (Lipinski definition) is 6. The van der Waals surface area contributed by atoms with Crippen LogP contribution in [0.2, 0.25) is 0 Å². The van der Waals surface area contributed by atoms with Gasteiger partial charge in [-0.15, -0.1) is 16.4 Å². The van der Waals surface area contributed by atoms with Crippen LogP contribution in [0, 0.1) is 0 Å². The van der Waals surface area contributed by atoms with Gasteiger partial charge in [-0.25, -0.2) is 0 Å². The standard InChI is InChI=1S/C19H18N4O2S2/c1-19(2)8-12-13(10-25-19)27-16-14(12)15(24)22(9-11-6-4-3-5-7-11)17-20-21-18(26)23(16)17/h3-7H,8-10H2,1-2H3,(H,21,26)/p-1. The number of fused-ring (bicyclic) bond motifs is 5. The van der Waals surface area contributed by atoms with Crippen LogP contribution in [0.1, 0.15) is 29.9 Å². The van der Waals surface area contributed by atoms with Crippen molar-refractivity contribution >= 4 is 40.0 Å². The van der Waals surface area contributed by atoms with Crippen molar-refractivity contribution in [3.8, 4) is 0 Å². The summed E-state index contributed by atoms with van der Waals surface area (Å²) < 4.78 is 9.45. The predicted octanol–water partition coefficient (Wildman–Crippen LogP) is 2.91. The molecule has 138 valence electrons. The van der Waals surface area contributed by atoms with E-state index in [0.717, 1.165) is 26.2 Å². The van der Waals surface area contributed by atoms with Crippen LogP contribution in [0.3, 0.4) is 0 Å². The highest BCUT2D eigenvalue weighted by Crippen LogP contribution is 2.38. The third-order valence-electron chi connectivity index (χ3n) is 4.97. The Balaban J connectivity index is 1.84. The number of aromatic nitrogens is 4. The van der Waals surface area contributed by atoms with Crippen LogP contribution in [-0.2, 0) is 36.9 Å². The predicted molar refractivity (Wildman–Crippen MR) is 106 cm³/mol. The molecule has 0 N–H and O–H groups in total. The maximum atomic E-state index is 13.5. The number of benzene rings is 1. The number of rotatable bonds is 2. The normalized spacial score (nSPS) is 16.1. The zero-order valence-electron chi connectivity index (χ0n) is 14.9. The first kappa shape index (κ1) is 16.9. The van der Waals surface area contributed by atoms with Gasteiger partial charge in [0.25, 0.3) is 5.56 Å². The summed E-state index contributed by atoms with van der Waals surface area (Å²) in [7, 11) is 0. The molecule has 6 nitrogen and oxygen atoms in total. The first-order valence-electron chi connectivity index (χ1n) is 8.72. The summed E-state index contributed by atoms with van der Waals surface area (Å²) in [4.78, 5) is 15.4. The highest BCUT2D eigenvalue weighted by atomic mass is 32.1. The summed E-state index contributed by atoms with van der Waals surface area (Å²) in [5, 5.41) is 9.37. The average Bonchev–Trinajstić information content (AvgIpc) is 3.19. The molecule has 27 heavy (non-hydrogen) atoms. The molecular formula is C19H17N4O2S2-. The van der Waals surface area contributed by atoms with Gasteiger partial charge in [0, 0.05) is 16.5 Å². The second kappa shape index (κ2) is 5.85. The zero-order chi connectivity index (χ0) is 18.8. The van der Waals surface area contributed by atoms with Gasteiger partial charge in [-0.3, -0.25) is 13.8 Å². The maximum Gasteiger partial charge on any atom is 0.264 e. The van der Waals surface area contributed by atoms with Crippen molar-refractivity contribution in [3.63, 3.8) is 0 Å². The first-order chi connectivity index (χ1) is 12.9. The lowest BCUT2D eigenvalue weighted by atomic mass is 9.94. The van der Waals surface area contributed by atoms with Crippen molar-refractivity contribution < 1.29 is 4.74 Å².